The number of anilines is 1. The number of rotatable bonds is 13. The van der Waals surface area contributed by atoms with Crippen LogP contribution in [0.25, 0.3) is 32.8 Å². The number of hydrogen-bond acceptors (Lipinski definition) is 10. The molecule has 0 atom stereocenters. The predicted octanol–water partition coefficient (Wildman–Crippen LogP) is 7.57. The van der Waals surface area contributed by atoms with Gasteiger partial charge in [-0.3, -0.25) is 14.4 Å². The Kier molecular flexibility index (Phi) is 12.4. The highest BCUT2D eigenvalue weighted by Gasteiger charge is 2.29. The van der Waals surface area contributed by atoms with Crippen molar-refractivity contribution in [2.24, 2.45) is 7.05 Å². The molecule has 0 bridgehead atoms. The summed E-state index contributed by atoms with van der Waals surface area (Å²) < 4.78 is 33.8. The van der Waals surface area contributed by atoms with E-state index in [2.05, 4.69) is 62.9 Å². The third kappa shape index (κ3) is 8.65. The average molecular weight is 800 g/mol. The van der Waals surface area contributed by atoms with Crippen molar-refractivity contribution in [2.75, 3.05) is 64.6 Å². The van der Waals surface area contributed by atoms with E-state index in [9.17, 15) is 9.59 Å². The van der Waals surface area contributed by atoms with Gasteiger partial charge < -0.3 is 33.2 Å². The first-order chi connectivity index (χ1) is 28.9. The number of nitrogens with zero attached hydrogens (tertiary/aromatic N) is 5. The topological polar surface area (TPSA) is 110 Å². The molecule has 2 aliphatic rings. The number of methoxy groups -OCH3 is 1. The number of para-hydroxylation sites is 1. The monoisotopic (exact) mass is 799 g/mol. The molecule has 0 saturated carbocycles. The molecular formula is C47H53N5O7. The van der Waals surface area contributed by atoms with Gasteiger partial charge in [0.1, 0.15) is 29.5 Å². The highest BCUT2D eigenvalue weighted by atomic mass is 16.5. The van der Waals surface area contributed by atoms with Gasteiger partial charge >= 0.3 is 11.9 Å². The van der Waals surface area contributed by atoms with Crippen LogP contribution in [0.15, 0.2) is 84.9 Å². The minimum Gasteiger partial charge on any atom is -0.493 e. The SMILES string of the molecule is CCOC(=O)c1c(CCCOc2cccc3ccccc23)c2cccc3c2n1CCCCOCc1c-3c(COc2ccc(N3CCN(CC(=O)OC)CC3)cc2)nn1C. The molecule has 308 valence electrons. The average Bonchev–Trinajstić information content (AvgIpc) is 3.74. The van der Waals surface area contributed by atoms with Crippen molar-refractivity contribution in [1.29, 1.82) is 0 Å². The number of hydrogen-bond donors (Lipinski definition) is 0. The van der Waals surface area contributed by atoms with E-state index in [0.717, 1.165) is 106 Å². The minimum atomic E-state index is -0.313. The number of benzene rings is 4. The van der Waals surface area contributed by atoms with Crippen LogP contribution in [0, 0.1) is 0 Å². The summed E-state index contributed by atoms with van der Waals surface area (Å²) in [4.78, 5) is 30.2. The zero-order chi connectivity index (χ0) is 40.7. The Morgan fingerprint density at radius 2 is 1.63 bits per heavy atom. The molecule has 1 fully saturated rings. The molecule has 0 amide bonds. The van der Waals surface area contributed by atoms with Gasteiger partial charge in [-0.15, -0.1) is 0 Å². The first-order valence-electron chi connectivity index (χ1n) is 20.7. The van der Waals surface area contributed by atoms with Crippen LogP contribution in [0.2, 0.25) is 0 Å². The normalized spacial score (nSPS) is 14.8. The Morgan fingerprint density at radius 1 is 0.847 bits per heavy atom. The van der Waals surface area contributed by atoms with Crippen LogP contribution in [0.3, 0.4) is 0 Å². The van der Waals surface area contributed by atoms with Crippen molar-refractivity contribution in [3.63, 3.8) is 0 Å². The van der Waals surface area contributed by atoms with Crippen molar-refractivity contribution in [1.82, 2.24) is 19.2 Å². The van der Waals surface area contributed by atoms with Crippen LogP contribution in [0.1, 0.15) is 53.6 Å². The second kappa shape index (κ2) is 18.4. The summed E-state index contributed by atoms with van der Waals surface area (Å²) in [6, 6.07) is 28.9. The highest BCUT2D eigenvalue weighted by Crippen LogP contribution is 2.40. The number of aromatic nitrogens is 3. The molecule has 1 saturated heterocycles. The lowest BCUT2D eigenvalue weighted by Crippen LogP contribution is -2.48. The van der Waals surface area contributed by atoms with E-state index in [1.165, 1.54) is 7.11 Å². The lowest BCUT2D eigenvalue weighted by atomic mass is 9.98. The van der Waals surface area contributed by atoms with Crippen molar-refractivity contribution < 1.29 is 33.3 Å². The van der Waals surface area contributed by atoms with Crippen molar-refractivity contribution in [2.45, 2.75) is 52.4 Å². The second-order valence-electron chi connectivity index (χ2n) is 15.1. The summed E-state index contributed by atoms with van der Waals surface area (Å²) in [7, 11) is 3.38. The molecule has 0 N–H and O–H groups in total. The van der Waals surface area contributed by atoms with E-state index in [1.807, 2.05) is 55.1 Å². The van der Waals surface area contributed by atoms with Crippen molar-refractivity contribution in [3.8, 4) is 22.6 Å². The fourth-order valence-corrected chi connectivity index (χ4v) is 8.50. The molecule has 59 heavy (non-hydrogen) atoms. The number of carbonyl (C=O) groups is 2. The summed E-state index contributed by atoms with van der Waals surface area (Å²) in [5, 5.41) is 8.27. The maximum absolute atomic E-state index is 14.0. The Bertz CT molecular complexity index is 2410. The van der Waals surface area contributed by atoms with Gasteiger partial charge in [-0.2, -0.15) is 5.10 Å². The van der Waals surface area contributed by atoms with Gasteiger partial charge in [0.15, 0.2) is 0 Å². The molecule has 4 aromatic carbocycles. The van der Waals surface area contributed by atoms with Crippen LogP contribution < -0.4 is 14.4 Å². The molecule has 0 unspecified atom stereocenters. The van der Waals surface area contributed by atoms with Crippen molar-refractivity contribution in [3.05, 3.63) is 108 Å². The van der Waals surface area contributed by atoms with Gasteiger partial charge in [0.25, 0.3) is 0 Å². The molecule has 0 radical (unpaired) electrons. The third-order valence-electron chi connectivity index (χ3n) is 11.4. The highest BCUT2D eigenvalue weighted by molar-refractivity contribution is 6.05. The number of aryl methyl sites for hydroxylation is 3. The van der Waals surface area contributed by atoms with Gasteiger partial charge in [0.2, 0.25) is 0 Å². The summed E-state index contributed by atoms with van der Waals surface area (Å²) in [6.45, 7) is 8.08. The van der Waals surface area contributed by atoms with E-state index in [0.29, 0.717) is 51.4 Å². The Hall–Kier alpha value is -5.85. The lowest BCUT2D eigenvalue weighted by molar-refractivity contribution is -0.142. The van der Waals surface area contributed by atoms with E-state index < -0.39 is 0 Å². The molecule has 0 spiro atoms. The lowest BCUT2D eigenvalue weighted by Gasteiger charge is -2.35. The second-order valence-corrected chi connectivity index (χ2v) is 15.1. The maximum atomic E-state index is 14.0. The number of ether oxygens (including phenoxy) is 5. The van der Waals surface area contributed by atoms with Crippen LogP contribution in [-0.4, -0.2) is 90.8 Å². The molecule has 2 aliphatic heterocycles. The fraction of sp³-hybridized carbons (Fsp3) is 0.383. The standard InChI is InChI=1S/C47H53N5O7/c1-4-57-47(54)46-38(17-11-29-58-42-18-9-13-33-12-5-6-14-36(33)42)37-15-10-16-39-44-40(48-49(2)41(44)32-56-28-8-7-23-52(46)45(37)39)31-59-35-21-19-34(20-22-35)51-26-24-50(25-27-51)30-43(53)55-3/h5-6,9-10,12-16,18-22H,4,7-8,11,17,23-32H2,1-3H3. The largest absolute Gasteiger partial charge is 0.493 e. The van der Waals surface area contributed by atoms with Gasteiger partial charge in [-0.1, -0.05) is 54.6 Å². The molecule has 8 rings (SSSR count). The van der Waals surface area contributed by atoms with Crippen LogP contribution in [-0.2, 0) is 52.2 Å². The molecule has 6 aromatic rings. The Labute approximate surface area is 345 Å². The number of esters is 2. The van der Waals surface area contributed by atoms with E-state index in [4.69, 9.17) is 28.8 Å². The minimum absolute atomic E-state index is 0.207. The Morgan fingerprint density at radius 3 is 2.44 bits per heavy atom. The molecule has 12 heteroatoms. The van der Waals surface area contributed by atoms with Gasteiger partial charge in [-0.25, -0.2) is 4.79 Å². The van der Waals surface area contributed by atoms with E-state index >= 15 is 0 Å². The molecule has 2 aromatic heterocycles. The van der Waals surface area contributed by atoms with Gasteiger partial charge in [-0.05, 0) is 73.9 Å². The summed E-state index contributed by atoms with van der Waals surface area (Å²) in [5.41, 5.74) is 7.38. The molecule has 4 heterocycles. The number of piperazine rings is 1. The van der Waals surface area contributed by atoms with Gasteiger partial charge in [0.05, 0.1) is 44.7 Å². The number of carbonyl (C=O) groups excluding carboxylic acids is 2. The quantitative estimate of drug-likeness (QED) is 0.0858. The van der Waals surface area contributed by atoms with Crippen molar-refractivity contribution >= 4 is 39.3 Å². The first kappa shape index (κ1) is 40.0. The summed E-state index contributed by atoms with van der Waals surface area (Å²) in [5.74, 6) is 1.08. The fourth-order valence-electron chi connectivity index (χ4n) is 8.50. The zero-order valence-electron chi connectivity index (χ0n) is 34.3. The smallest absolute Gasteiger partial charge is 0.355 e. The van der Waals surface area contributed by atoms with Crippen LogP contribution >= 0.6 is 0 Å². The summed E-state index contributed by atoms with van der Waals surface area (Å²) >= 11 is 0. The molecule has 0 aliphatic carbocycles. The molecule has 12 nitrogen and oxygen atoms in total. The van der Waals surface area contributed by atoms with Gasteiger partial charge in [0, 0.05) is 74.0 Å². The van der Waals surface area contributed by atoms with E-state index in [-0.39, 0.29) is 25.2 Å². The van der Waals surface area contributed by atoms with Crippen LogP contribution in [0.5, 0.6) is 11.5 Å². The maximum Gasteiger partial charge on any atom is 0.355 e. The van der Waals surface area contributed by atoms with Crippen LogP contribution in [0.4, 0.5) is 5.69 Å². The zero-order valence-corrected chi connectivity index (χ0v) is 34.3. The predicted molar refractivity (Wildman–Crippen MR) is 228 cm³/mol. The Balaban J connectivity index is 1.08. The first-order valence-corrected chi connectivity index (χ1v) is 20.7. The third-order valence-corrected chi connectivity index (χ3v) is 11.4. The molecular weight excluding hydrogens is 747 g/mol. The van der Waals surface area contributed by atoms with E-state index in [1.54, 1.807) is 0 Å². The number of fused-ring (bicyclic) bond motifs is 3. The summed E-state index contributed by atoms with van der Waals surface area (Å²) in [6.07, 6.45) is 3.05.